The average Bonchev–Trinajstić information content (AvgIpc) is 2.84. The number of hydrogen-bond donors (Lipinski definition) is 1. The first-order valence-electron chi connectivity index (χ1n) is 5.92. The third-order valence-corrected chi connectivity index (χ3v) is 2.78. The molecule has 0 bridgehead atoms. The van der Waals surface area contributed by atoms with E-state index in [0.29, 0.717) is 19.8 Å². The summed E-state index contributed by atoms with van der Waals surface area (Å²) in [4.78, 5) is 0. The number of rotatable bonds is 6. The highest BCUT2D eigenvalue weighted by Crippen LogP contribution is 2.24. The molecule has 0 saturated carbocycles. The molecule has 0 aliphatic carbocycles. The molecule has 0 spiro atoms. The van der Waals surface area contributed by atoms with Crippen LogP contribution in [-0.2, 0) is 11.3 Å². The van der Waals surface area contributed by atoms with Crippen LogP contribution in [-0.4, -0.2) is 13.2 Å². The first-order chi connectivity index (χ1) is 8.79. The van der Waals surface area contributed by atoms with Gasteiger partial charge in [0.2, 0.25) is 0 Å². The Morgan fingerprint density at radius 1 is 1.11 bits per heavy atom. The Labute approximate surface area is 111 Å². The maximum absolute atomic E-state index is 5.84. The Morgan fingerprint density at radius 3 is 2.61 bits per heavy atom. The first kappa shape index (κ1) is 13.1. The van der Waals surface area contributed by atoms with Crippen molar-refractivity contribution in [2.45, 2.75) is 13.0 Å². The van der Waals surface area contributed by atoms with Crippen molar-refractivity contribution in [3.63, 3.8) is 0 Å². The van der Waals surface area contributed by atoms with Crippen LogP contribution in [0.15, 0.2) is 40.8 Å². The minimum Gasteiger partial charge on any atom is -0.459 e. The minimum absolute atomic E-state index is 0.480. The summed E-state index contributed by atoms with van der Waals surface area (Å²) in [5, 5.41) is 0.718. The molecule has 1 heterocycles. The van der Waals surface area contributed by atoms with Crippen molar-refractivity contribution in [3.05, 3.63) is 47.2 Å². The monoisotopic (exact) mass is 265 g/mol. The summed E-state index contributed by atoms with van der Waals surface area (Å²) in [7, 11) is 0. The molecule has 0 aliphatic heterocycles. The molecule has 0 amide bonds. The van der Waals surface area contributed by atoms with E-state index in [1.54, 1.807) is 0 Å². The van der Waals surface area contributed by atoms with E-state index in [1.165, 1.54) is 0 Å². The number of benzene rings is 1. The minimum atomic E-state index is 0.480. The van der Waals surface area contributed by atoms with Gasteiger partial charge in [-0.3, -0.25) is 0 Å². The largest absolute Gasteiger partial charge is 0.459 e. The van der Waals surface area contributed by atoms with E-state index < -0.39 is 0 Å². The number of ether oxygens (including phenoxy) is 1. The van der Waals surface area contributed by atoms with Gasteiger partial charge in [-0.05, 0) is 49.4 Å². The molecule has 1 aromatic carbocycles. The van der Waals surface area contributed by atoms with E-state index in [0.717, 1.165) is 28.5 Å². The lowest BCUT2D eigenvalue weighted by atomic mass is 10.2. The molecule has 2 N–H and O–H groups in total. The number of furan rings is 1. The van der Waals surface area contributed by atoms with Crippen molar-refractivity contribution in [2.75, 3.05) is 13.2 Å². The van der Waals surface area contributed by atoms with E-state index >= 15 is 0 Å². The second-order valence-electron chi connectivity index (χ2n) is 3.97. The van der Waals surface area contributed by atoms with Crippen LogP contribution in [0.5, 0.6) is 0 Å². The van der Waals surface area contributed by atoms with Crippen LogP contribution < -0.4 is 5.73 Å². The summed E-state index contributed by atoms with van der Waals surface area (Å²) in [5.41, 5.74) is 6.39. The smallest absolute Gasteiger partial charge is 0.134 e. The SMILES string of the molecule is NCCCOCc1ccc(-c2ccc(Cl)cc2)o1. The second-order valence-corrected chi connectivity index (χ2v) is 4.40. The zero-order valence-corrected chi connectivity index (χ0v) is 10.8. The Kier molecular flexibility index (Phi) is 4.81. The van der Waals surface area contributed by atoms with Crippen molar-refractivity contribution in [3.8, 4) is 11.3 Å². The third kappa shape index (κ3) is 3.60. The van der Waals surface area contributed by atoms with Gasteiger partial charge in [-0.1, -0.05) is 11.6 Å². The predicted molar refractivity (Wildman–Crippen MR) is 72.5 cm³/mol. The lowest BCUT2D eigenvalue weighted by molar-refractivity contribution is 0.106. The molecule has 1 aromatic heterocycles. The lowest BCUT2D eigenvalue weighted by Gasteiger charge is -2.00. The van der Waals surface area contributed by atoms with Crippen LogP contribution in [0.3, 0.4) is 0 Å². The predicted octanol–water partition coefficient (Wildman–Crippen LogP) is 3.47. The summed E-state index contributed by atoms with van der Waals surface area (Å²) in [6.45, 7) is 1.79. The molecule has 0 atom stereocenters. The van der Waals surface area contributed by atoms with Gasteiger partial charge in [0.15, 0.2) is 0 Å². The number of hydrogen-bond acceptors (Lipinski definition) is 3. The van der Waals surface area contributed by atoms with Crippen molar-refractivity contribution in [1.82, 2.24) is 0 Å². The van der Waals surface area contributed by atoms with E-state index in [9.17, 15) is 0 Å². The molecule has 3 nitrogen and oxygen atoms in total. The quantitative estimate of drug-likeness (QED) is 0.814. The summed E-state index contributed by atoms with van der Waals surface area (Å²) < 4.78 is 11.1. The number of halogens is 1. The normalized spacial score (nSPS) is 10.8. The molecule has 96 valence electrons. The molecule has 0 aliphatic rings. The summed E-state index contributed by atoms with van der Waals surface area (Å²) in [6, 6.07) is 11.4. The van der Waals surface area contributed by atoms with Gasteiger partial charge in [-0.2, -0.15) is 0 Å². The molecule has 2 rings (SSSR count). The van der Waals surface area contributed by atoms with E-state index in [2.05, 4.69) is 0 Å². The Hall–Kier alpha value is -1.29. The van der Waals surface area contributed by atoms with Crippen molar-refractivity contribution >= 4 is 11.6 Å². The second kappa shape index (κ2) is 6.59. The van der Waals surface area contributed by atoms with Crippen molar-refractivity contribution < 1.29 is 9.15 Å². The maximum atomic E-state index is 5.84. The average molecular weight is 266 g/mol. The topological polar surface area (TPSA) is 48.4 Å². The highest BCUT2D eigenvalue weighted by Gasteiger charge is 2.04. The molecular formula is C14H16ClNO2. The molecule has 0 fully saturated rings. The summed E-state index contributed by atoms with van der Waals surface area (Å²) in [6.07, 6.45) is 0.866. The summed E-state index contributed by atoms with van der Waals surface area (Å²) >= 11 is 5.84. The third-order valence-electron chi connectivity index (χ3n) is 2.53. The Bertz CT molecular complexity index is 479. The van der Waals surface area contributed by atoms with Gasteiger partial charge in [0, 0.05) is 17.2 Å². The van der Waals surface area contributed by atoms with Crippen LogP contribution in [0, 0.1) is 0 Å². The van der Waals surface area contributed by atoms with Crippen LogP contribution in [0.1, 0.15) is 12.2 Å². The summed E-state index contributed by atoms with van der Waals surface area (Å²) in [5.74, 6) is 1.64. The van der Waals surface area contributed by atoms with Gasteiger partial charge in [-0.15, -0.1) is 0 Å². The number of nitrogens with two attached hydrogens (primary N) is 1. The van der Waals surface area contributed by atoms with Gasteiger partial charge in [-0.25, -0.2) is 0 Å². The van der Waals surface area contributed by atoms with E-state index in [-0.39, 0.29) is 0 Å². The zero-order valence-electron chi connectivity index (χ0n) is 10.1. The molecule has 0 unspecified atom stereocenters. The Morgan fingerprint density at radius 2 is 1.89 bits per heavy atom. The van der Waals surface area contributed by atoms with E-state index in [4.69, 9.17) is 26.5 Å². The van der Waals surface area contributed by atoms with Crippen LogP contribution >= 0.6 is 11.6 Å². The fourth-order valence-electron chi connectivity index (χ4n) is 1.58. The molecule has 0 radical (unpaired) electrons. The van der Waals surface area contributed by atoms with Gasteiger partial charge in [0.25, 0.3) is 0 Å². The van der Waals surface area contributed by atoms with Crippen LogP contribution in [0.2, 0.25) is 5.02 Å². The molecule has 0 saturated heterocycles. The van der Waals surface area contributed by atoms with Gasteiger partial charge in [0.1, 0.15) is 18.1 Å². The van der Waals surface area contributed by atoms with Crippen LogP contribution in [0.25, 0.3) is 11.3 Å². The molecule has 4 heteroatoms. The van der Waals surface area contributed by atoms with Crippen molar-refractivity contribution in [2.24, 2.45) is 5.73 Å². The highest BCUT2D eigenvalue weighted by atomic mass is 35.5. The molecular weight excluding hydrogens is 250 g/mol. The fourth-order valence-corrected chi connectivity index (χ4v) is 1.71. The molecule has 18 heavy (non-hydrogen) atoms. The van der Waals surface area contributed by atoms with Gasteiger partial charge in [0.05, 0.1) is 0 Å². The molecule has 2 aromatic rings. The van der Waals surface area contributed by atoms with Gasteiger partial charge < -0.3 is 14.9 Å². The fraction of sp³-hybridized carbons (Fsp3) is 0.286. The van der Waals surface area contributed by atoms with Crippen molar-refractivity contribution in [1.29, 1.82) is 0 Å². The first-order valence-corrected chi connectivity index (χ1v) is 6.30. The highest BCUT2D eigenvalue weighted by molar-refractivity contribution is 6.30. The van der Waals surface area contributed by atoms with E-state index in [1.807, 2.05) is 36.4 Å². The lowest BCUT2D eigenvalue weighted by Crippen LogP contribution is -2.03. The Balaban J connectivity index is 1.95. The van der Waals surface area contributed by atoms with Crippen LogP contribution in [0.4, 0.5) is 0 Å². The zero-order chi connectivity index (χ0) is 12.8. The van der Waals surface area contributed by atoms with Gasteiger partial charge >= 0.3 is 0 Å². The standard InChI is InChI=1S/C14H16ClNO2/c15-12-4-2-11(3-5-12)14-7-6-13(18-14)10-17-9-1-8-16/h2-7H,1,8-10,16H2. The maximum Gasteiger partial charge on any atom is 0.134 e.